The highest BCUT2D eigenvalue weighted by molar-refractivity contribution is 5.92. The van der Waals surface area contributed by atoms with Crippen molar-refractivity contribution < 1.29 is 14.1 Å². The zero-order valence-corrected chi connectivity index (χ0v) is 14.4. The van der Waals surface area contributed by atoms with Crippen molar-refractivity contribution in [3.63, 3.8) is 0 Å². The molecule has 4 rings (SSSR count). The van der Waals surface area contributed by atoms with Gasteiger partial charge in [0.25, 0.3) is 5.91 Å². The molecule has 2 aliphatic rings. The van der Waals surface area contributed by atoms with Crippen molar-refractivity contribution in [3.8, 4) is 5.75 Å². The van der Waals surface area contributed by atoms with Crippen LogP contribution in [-0.2, 0) is 0 Å². The van der Waals surface area contributed by atoms with Crippen LogP contribution in [0.4, 0.5) is 5.95 Å². The third kappa shape index (κ3) is 2.92. The number of hydrogen-bond acceptors (Lipinski definition) is 7. The summed E-state index contributed by atoms with van der Waals surface area (Å²) in [5, 5.41) is 3.88. The molecule has 0 aromatic carbocycles. The van der Waals surface area contributed by atoms with Crippen LogP contribution in [0.25, 0.3) is 0 Å². The largest absolute Gasteiger partial charge is 0.494 e. The summed E-state index contributed by atoms with van der Waals surface area (Å²) < 4.78 is 10.2. The average Bonchev–Trinajstić information content (AvgIpc) is 3.27. The summed E-state index contributed by atoms with van der Waals surface area (Å²) in [5.41, 5.74) is 0.385. The van der Waals surface area contributed by atoms with E-state index in [4.69, 9.17) is 9.26 Å². The molecule has 4 heterocycles. The van der Waals surface area contributed by atoms with Crippen LogP contribution in [0.2, 0.25) is 0 Å². The van der Waals surface area contributed by atoms with E-state index in [0.717, 1.165) is 32.5 Å². The van der Waals surface area contributed by atoms with Gasteiger partial charge in [-0.2, -0.15) is 0 Å². The Morgan fingerprint density at radius 3 is 2.72 bits per heavy atom. The van der Waals surface area contributed by atoms with Crippen molar-refractivity contribution >= 4 is 11.9 Å². The van der Waals surface area contributed by atoms with Gasteiger partial charge in [0.15, 0.2) is 11.4 Å². The number of carbonyl (C=O) groups excluding carboxylic acids is 1. The van der Waals surface area contributed by atoms with E-state index in [-0.39, 0.29) is 11.9 Å². The molecule has 2 saturated heterocycles. The number of methoxy groups -OCH3 is 1. The number of hydrogen-bond donors (Lipinski definition) is 0. The molecule has 25 heavy (non-hydrogen) atoms. The monoisotopic (exact) mass is 343 g/mol. The van der Waals surface area contributed by atoms with E-state index in [2.05, 4.69) is 20.0 Å². The zero-order chi connectivity index (χ0) is 17.4. The number of ether oxygens (including phenoxy) is 1. The van der Waals surface area contributed by atoms with Crippen molar-refractivity contribution in [1.29, 1.82) is 0 Å². The van der Waals surface area contributed by atoms with E-state index in [1.54, 1.807) is 32.5 Å². The van der Waals surface area contributed by atoms with Crippen LogP contribution in [-0.4, -0.2) is 58.7 Å². The van der Waals surface area contributed by atoms with Crippen molar-refractivity contribution in [3.05, 3.63) is 29.9 Å². The maximum atomic E-state index is 12.8. The highest BCUT2D eigenvalue weighted by atomic mass is 16.5. The number of piperidine rings is 1. The van der Waals surface area contributed by atoms with Gasteiger partial charge in [-0.15, -0.1) is 0 Å². The van der Waals surface area contributed by atoms with E-state index in [9.17, 15) is 4.79 Å². The molecule has 1 amide bonds. The van der Waals surface area contributed by atoms with Crippen molar-refractivity contribution in [2.24, 2.45) is 5.92 Å². The minimum Gasteiger partial charge on any atom is -0.494 e. The topological polar surface area (TPSA) is 84.6 Å². The lowest BCUT2D eigenvalue weighted by molar-refractivity contribution is 0.0701. The second-order valence-electron chi connectivity index (χ2n) is 6.60. The fourth-order valence-corrected chi connectivity index (χ4v) is 3.77. The number of likely N-dealkylation sites (tertiary alicyclic amines) is 1. The van der Waals surface area contributed by atoms with Crippen LogP contribution in [0, 0.1) is 12.8 Å². The summed E-state index contributed by atoms with van der Waals surface area (Å²) >= 11 is 0. The summed E-state index contributed by atoms with van der Waals surface area (Å²) in [7, 11) is 1.59. The molecule has 2 atom stereocenters. The molecular formula is C17H21N5O3. The Balaban J connectivity index is 1.51. The van der Waals surface area contributed by atoms with E-state index >= 15 is 0 Å². The quantitative estimate of drug-likeness (QED) is 0.835. The van der Waals surface area contributed by atoms with Crippen LogP contribution < -0.4 is 9.64 Å². The smallest absolute Gasteiger partial charge is 0.276 e. The second-order valence-corrected chi connectivity index (χ2v) is 6.60. The van der Waals surface area contributed by atoms with Gasteiger partial charge < -0.3 is 19.1 Å². The summed E-state index contributed by atoms with van der Waals surface area (Å²) in [6, 6.07) is 1.85. The number of aryl methyl sites for hydroxylation is 1. The fraction of sp³-hybridized carbons (Fsp3) is 0.529. The first-order chi connectivity index (χ1) is 12.2. The zero-order valence-electron chi connectivity index (χ0n) is 14.4. The first-order valence-electron chi connectivity index (χ1n) is 8.51. The van der Waals surface area contributed by atoms with Crippen molar-refractivity contribution in [2.75, 3.05) is 31.6 Å². The molecule has 0 N–H and O–H groups in total. The fourth-order valence-electron chi connectivity index (χ4n) is 3.77. The van der Waals surface area contributed by atoms with Crippen molar-refractivity contribution in [1.82, 2.24) is 20.0 Å². The lowest BCUT2D eigenvalue weighted by Gasteiger charge is -2.38. The number of aromatic nitrogens is 3. The SMILES string of the molecule is COc1cnc(N2CCC3CCN(C(=O)c4cc(C)on4)C3C2)nc1. The number of rotatable bonds is 3. The van der Waals surface area contributed by atoms with E-state index < -0.39 is 0 Å². The molecule has 0 saturated carbocycles. The third-order valence-corrected chi connectivity index (χ3v) is 5.10. The van der Waals surface area contributed by atoms with Gasteiger partial charge in [0.1, 0.15) is 5.76 Å². The third-order valence-electron chi connectivity index (χ3n) is 5.10. The van der Waals surface area contributed by atoms with Crippen LogP contribution in [0.15, 0.2) is 23.0 Å². The maximum absolute atomic E-state index is 12.8. The highest BCUT2D eigenvalue weighted by Gasteiger charge is 2.42. The lowest BCUT2D eigenvalue weighted by Crippen LogP contribution is -2.50. The highest BCUT2D eigenvalue weighted by Crippen LogP contribution is 2.33. The molecule has 2 aromatic heterocycles. The van der Waals surface area contributed by atoms with Crippen LogP contribution in [0.5, 0.6) is 5.75 Å². The van der Waals surface area contributed by atoms with Gasteiger partial charge in [-0.25, -0.2) is 9.97 Å². The first kappa shape index (κ1) is 15.9. The Kier molecular flexibility index (Phi) is 4.03. The van der Waals surface area contributed by atoms with Crippen LogP contribution >= 0.6 is 0 Å². The first-order valence-corrected chi connectivity index (χ1v) is 8.51. The second kappa shape index (κ2) is 6.34. The Morgan fingerprint density at radius 2 is 2.04 bits per heavy atom. The molecule has 2 aliphatic heterocycles. The average molecular weight is 343 g/mol. The molecule has 132 valence electrons. The van der Waals surface area contributed by atoms with E-state index in [1.165, 1.54) is 0 Å². The molecule has 2 fully saturated rings. The molecule has 2 unspecified atom stereocenters. The Hall–Kier alpha value is -2.64. The van der Waals surface area contributed by atoms with Gasteiger partial charge in [0.05, 0.1) is 25.5 Å². The Labute approximate surface area is 145 Å². The summed E-state index contributed by atoms with van der Waals surface area (Å²) in [6.07, 6.45) is 5.40. The predicted molar refractivity (Wildman–Crippen MR) is 89.6 cm³/mol. The number of amides is 1. The molecule has 2 aromatic rings. The van der Waals surface area contributed by atoms with Gasteiger partial charge in [0.2, 0.25) is 5.95 Å². The molecule has 8 heteroatoms. The molecular weight excluding hydrogens is 322 g/mol. The Morgan fingerprint density at radius 1 is 1.28 bits per heavy atom. The number of anilines is 1. The van der Waals surface area contributed by atoms with Gasteiger partial charge in [-0.3, -0.25) is 4.79 Å². The number of nitrogens with zero attached hydrogens (tertiary/aromatic N) is 5. The van der Waals surface area contributed by atoms with Gasteiger partial charge in [0, 0.05) is 25.7 Å². The minimum atomic E-state index is -0.0538. The molecule has 0 aliphatic carbocycles. The van der Waals surface area contributed by atoms with Gasteiger partial charge in [-0.05, 0) is 25.7 Å². The van der Waals surface area contributed by atoms with Crippen molar-refractivity contribution in [2.45, 2.75) is 25.8 Å². The lowest BCUT2D eigenvalue weighted by atomic mass is 9.92. The number of carbonyl (C=O) groups is 1. The summed E-state index contributed by atoms with van der Waals surface area (Å²) in [6.45, 7) is 4.19. The standard InChI is InChI=1S/C17H21N5O3/c1-11-7-14(20-25-11)16(23)22-6-4-12-3-5-21(10-15(12)22)17-18-8-13(24-2)9-19-17/h7-9,12,15H,3-6,10H2,1-2H3. The van der Waals surface area contributed by atoms with Crippen LogP contribution in [0.1, 0.15) is 29.1 Å². The van der Waals surface area contributed by atoms with Crippen LogP contribution in [0.3, 0.4) is 0 Å². The molecule has 0 bridgehead atoms. The molecule has 8 nitrogen and oxygen atoms in total. The van der Waals surface area contributed by atoms with E-state index in [1.807, 2.05) is 4.90 Å². The summed E-state index contributed by atoms with van der Waals surface area (Å²) in [4.78, 5) is 25.6. The normalized spacial score (nSPS) is 22.8. The summed E-state index contributed by atoms with van der Waals surface area (Å²) in [5.74, 6) is 2.43. The van der Waals surface area contributed by atoms with Gasteiger partial charge in [-0.1, -0.05) is 5.16 Å². The minimum absolute atomic E-state index is 0.0538. The molecule has 0 spiro atoms. The van der Waals surface area contributed by atoms with Gasteiger partial charge >= 0.3 is 0 Å². The maximum Gasteiger partial charge on any atom is 0.276 e. The number of fused-ring (bicyclic) bond motifs is 1. The molecule has 0 radical (unpaired) electrons. The predicted octanol–water partition coefficient (Wildman–Crippen LogP) is 1.52. The Bertz CT molecular complexity index is 760. The van der Waals surface area contributed by atoms with E-state index in [0.29, 0.717) is 29.1 Å².